The first-order chi connectivity index (χ1) is 9.92. The van der Waals surface area contributed by atoms with Crippen LogP contribution < -0.4 is 10.6 Å². The zero-order valence-corrected chi connectivity index (χ0v) is 13.4. The van der Waals surface area contributed by atoms with Gasteiger partial charge in [-0.3, -0.25) is 15.0 Å². The summed E-state index contributed by atoms with van der Waals surface area (Å²) in [4.78, 5) is 25.1. The molecular weight excluding hydrogens is 290 g/mol. The van der Waals surface area contributed by atoms with E-state index >= 15 is 0 Å². The number of nitrogens with one attached hydrogen (secondary N) is 2. The minimum atomic E-state index is -0.458. The van der Waals surface area contributed by atoms with E-state index in [1.165, 1.54) is 0 Å². The van der Waals surface area contributed by atoms with E-state index in [-0.39, 0.29) is 18.5 Å². The Balaban J connectivity index is 2.40. The third-order valence-corrected chi connectivity index (χ3v) is 3.42. The lowest BCUT2D eigenvalue weighted by atomic mass is 10.2. The van der Waals surface area contributed by atoms with Gasteiger partial charge in [-0.15, -0.1) is 0 Å². The number of imide groups is 1. The molecule has 0 bridgehead atoms. The fourth-order valence-electron chi connectivity index (χ4n) is 1.75. The molecule has 1 aromatic rings. The molecule has 3 amide bonds. The standard InChI is InChI=1S/C15H22ClN3O2/c1-4-11(2)17-15(21)18-14(20)10-19(3)9-12-7-5-6-8-13(12)16/h5-8,11H,4,9-10H2,1-3H3,(H2,17,18,20,21)/t11-/m0/s1. The number of benzene rings is 1. The second kappa shape index (κ2) is 8.64. The monoisotopic (exact) mass is 311 g/mol. The predicted molar refractivity (Wildman–Crippen MR) is 84.2 cm³/mol. The molecule has 6 heteroatoms. The average Bonchev–Trinajstić information content (AvgIpc) is 2.40. The van der Waals surface area contributed by atoms with Crippen molar-refractivity contribution in [1.29, 1.82) is 0 Å². The molecule has 0 aliphatic carbocycles. The van der Waals surface area contributed by atoms with E-state index < -0.39 is 6.03 Å². The number of carbonyl (C=O) groups is 2. The van der Waals surface area contributed by atoms with Crippen LogP contribution in [-0.2, 0) is 11.3 Å². The molecule has 0 unspecified atom stereocenters. The zero-order valence-electron chi connectivity index (χ0n) is 12.6. The molecule has 0 radical (unpaired) electrons. The predicted octanol–water partition coefficient (Wildman–Crippen LogP) is 2.40. The molecule has 0 aliphatic heterocycles. The summed E-state index contributed by atoms with van der Waals surface area (Å²) in [6.07, 6.45) is 0.814. The van der Waals surface area contributed by atoms with E-state index in [2.05, 4.69) is 10.6 Å². The zero-order chi connectivity index (χ0) is 15.8. The van der Waals surface area contributed by atoms with Crippen molar-refractivity contribution in [1.82, 2.24) is 15.5 Å². The van der Waals surface area contributed by atoms with E-state index in [4.69, 9.17) is 11.6 Å². The van der Waals surface area contributed by atoms with Crippen LogP contribution in [0.4, 0.5) is 4.79 Å². The van der Waals surface area contributed by atoms with Gasteiger partial charge in [0, 0.05) is 17.6 Å². The minimum Gasteiger partial charge on any atom is -0.335 e. The quantitative estimate of drug-likeness (QED) is 0.848. The van der Waals surface area contributed by atoms with Gasteiger partial charge in [-0.2, -0.15) is 0 Å². The van der Waals surface area contributed by atoms with E-state index in [9.17, 15) is 9.59 Å². The molecule has 0 heterocycles. The number of urea groups is 1. The SMILES string of the molecule is CC[C@H](C)NC(=O)NC(=O)CN(C)Cc1ccccc1Cl. The van der Waals surface area contributed by atoms with Crippen molar-refractivity contribution in [3.05, 3.63) is 34.9 Å². The van der Waals surface area contributed by atoms with Crippen LogP contribution >= 0.6 is 11.6 Å². The lowest BCUT2D eigenvalue weighted by molar-refractivity contribution is -0.120. The number of nitrogens with zero attached hydrogens (tertiary/aromatic N) is 1. The van der Waals surface area contributed by atoms with E-state index in [1.54, 1.807) is 11.9 Å². The van der Waals surface area contributed by atoms with Crippen molar-refractivity contribution in [3.8, 4) is 0 Å². The maximum absolute atomic E-state index is 11.8. The largest absolute Gasteiger partial charge is 0.335 e. The lowest BCUT2D eigenvalue weighted by Gasteiger charge is -2.17. The van der Waals surface area contributed by atoms with Crippen LogP contribution in [0.25, 0.3) is 0 Å². The molecule has 0 spiro atoms. The third kappa shape index (κ3) is 6.60. The number of likely N-dealkylation sites (N-methyl/N-ethyl adjacent to an activating group) is 1. The Labute approximate surface area is 130 Å². The minimum absolute atomic E-state index is 0.0404. The van der Waals surface area contributed by atoms with Crippen LogP contribution in [0.1, 0.15) is 25.8 Å². The number of carbonyl (C=O) groups excluding carboxylic acids is 2. The summed E-state index contributed by atoms with van der Waals surface area (Å²) in [5.74, 6) is -0.342. The summed E-state index contributed by atoms with van der Waals surface area (Å²) in [6, 6.07) is 7.06. The van der Waals surface area contributed by atoms with Gasteiger partial charge in [0.2, 0.25) is 5.91 Å². The van der Waals surface area contributed by atoms with Gasteiger partial charge in [0.15, 0.2) is 0 Å². The molecule has 21 heavy (non-hydrogen) atoms. The molecule has 0 aliphatic rings. The van der Waals surface area contributed by atoms with Crippen molar-refractivity contribution in [2.24, 2.45) is 0 Å². The van der Waals surface area contributed by atoms with Crippen molar-refractivity contribution in [2.45, 2.75) is 32.9 Å². The Bertz CT molecular complexity index is 494. The van der Waals surface area contributed by atoms with Crippen LogP contribution in [0.5, 0.6) is 0 Å². The summed E-state index contributed by atoms with van der Waals surface area (Å²) in [6.45, 7) is 4.51. The first-order valence-electron chi connectivity index (χ1n) is 6.94. The molecule has 5 nitrogen and oxygen atoms in total. The number of rotatable bonds is 6. The second-order valence-electron chi connectivity index (χ2n) is 5.09. The highest BCUT2D eigenvalue weighted by atomic mass is 35.5. The molecular formula is C15H22ClN3O2. The number of hydrogen-bond donors (Lipinski definition) is 2. The van der Waals surface area contributed by atoms with Gasteiger partial charge >= 0.3 is 6.03 Å². The molecule has 0 saturated heterocycles. The number of halogens is 1. The lowest BCUT2D eigenvalue weighted by Crippen LogP contribution is -2.46. The van der Waals surface area contributed by atoms with Crippen LogP contribution in [-0.4, -0.2) is 36.5 Å². The molecule has 1 rings (SSSR count). The van der Waals surface area contributed by atoms with Gasteiger partial charge in [-0.25, -0.2) is 4.79 Å². The Kier molecular flexibility index (Phi) is 7.19. The highest BCUT2D eigenvalue weighted by molar-refractivity contribution is 6.31. The number of hydrogen-bond acceptors (Lipinski definition) is 3. The van der Waals surface area contributed by atoms with E-state index in [1.807, 2.05) is 38.1 Å². The topological polar surface area (TPSA) is 61.4 Å². The van der Waals surface area contributed by atoms with Crippen LogP contribution in [0.3, 0.4) is 0 Å². The number of amides is 3. The Morgan fingerprint density at radius 3 is 2.62 bits per heavy atom. The molecule has 116 valence electrons. The molecule has 0 fully saturated rings. The van der Waals surface area contributed by atoms with Gasteiger partial charge in [0.1, 0.15) is 0 Å². The van der Waals surface area contributed by atoms with E-state index in [0.717, 1.165) is 12.0 Å². The Hall–Kier alpha value is -1.59. The highest BCUT2D eigenvalue weighted by Gasteiger charge is 2.12. The van der Waals surface area contributed by atoms with E-state index in [0.29, 0.717) is 11.6 Å². The third-order valence-electron chi connectivity index (χ3n) is 3.05. The van der Waals surface area contributed by atoms with Crippen molar-refractivity contribution < 1.29 is 9.59 Å². The molecule has 2 N–H and O–H groups in total. The smallest absolute Gasteiger partial charge is 0.321 e. The van der Waals surface area contributed by atoms with Crippen molar-refractivity contribution in [3.63, 3.8) is 0 Å². The summed E-state index contributed by atoms with van der Waals surface area (Å²) in [5, 5.41) is 5.66. The Morgan fingerprint density at radius 2 is 2.00 bits per heavy atom. The van der Waals surface area contributed by atoms with Gasteiger partial charge in [0.25, 0.3) is 0 Å². The maximum Gasteiger partial charge on any atom is 0.321 e. The summed E-state index contributed by atoms with van der Waals surface area (Å²) in [7, 11) is 1.80. The van der Waals surface area contributed by atoms with Crippen LogP contribution in [0.2, 0.25) is 5.02 Å². The average molecular weight is 312 g/mol. The van der Waals surface area contributed by atoms with Crippen LogP contribution in [0.15, 0.2) is 24.3 Å². The normalized spacial score (nSPS) is 12.0. The van der Waals surface area contributed by atoms with Crippen molar-refractivity contribution in [2.75, 3.05) is 13.6 Å². The molecule has 0 aromatic heterocycles. The second-order valence-corrected chi connectivity index (χ2v) is 5.50. The van der Waals surface area contributed by atoms with Crippen LogP contribution in [0, 0.1) is 0 Å². The molecule has 1 aromatic carbocycles. The first kappa shape index (κ1) is 17.5. The van der Waals surface area contributed by atoms with Gasteiger partial charge in [0.05, 0.1) is 6.54 Å². The molecule has 1 atom stereocenters. The van der Waals surface area contributed by atoms with Gasteiger partial charge in [-0.05, 0) is 32.0 Å². The Morgan fingerprint density at radius 1 is 1.33 bits per heavy atom. The summed E-state index contributed by atoms with van der Waals surface area (Å²) in [5.41, 5.74) is 0.943. The summed E-state index contributed by atoms with van der Waals surface area (Å²) >= 11 is 6.07. The highest BCUT2D eigenvalue weighted by Crippen LogP contribution is 2.16. The fraction of sp³-hybridized carbons (Fsp3) is 0.467. The molecule has 0 saturated carbocycles. The van der Waals surface area contributed by atoms with Crippen molar-refractivity contribution >= 4 is 23.5 Å². The maximum atomic E-state index is 11.8. The van der Waals surface area contributed by atoms with Gasteiger partial charge in [-0.1, -0.05) is 36.7 Å². The summed E-state index contributed by atoms with van der Waals surface area (Å²) < 4.78 is 0. The van der Waals surface area contributed by atoms with Gasteiger partial charge < -0.3 is 5.32 Å². The fourth-order valence-corrected chi connectivity index (χ4v) is 1.94. The first-order valence-corrected chi connectivity index (χ1v) is 7.32.